The van der Waals surface area contributed by atoms with E-state index >= 15 is 0 Å². The Balaban J connectivity index is 1.69. The predicted octanol–water partition coefficient (Wildman–Crippen LogP) is 4.09. The van der Waals surface area contributed by atoms with Gasteiger partial charge in [0.25, 0.3) is 5.69 Å². The Kier molecular flexibility index (Phi) is 5.85. The maximum Gasteiger partial charge on any atom is 0.338 e. The molecule has 0 saturated heterocycles. The molecule has 0 unspecified atom stereocenters. The highest BCUT2D eigenvalue weighted by atomic mass is 32.1. The number of nitrogens with zero attached hydrogens (tertiary/aromatic N) is 2. The number of methoxy groups -OCH3 is 2. The predicted molar refractivity (Wildman–Crippen MR) is 103 cm³/mol. The summed E-state index contributed by atoms with van der Waals surface area (Å²) in [5.74, 6) is 0.562. The number of hydrogen-bond acceptors (Lipinski definition) is 8. The normalized spacial score (nSPS) is 10.4. The third kappa shape index (κ3) is 4.26. The summed E-state index contributed by atoms with van der Waals surface area (Å²) in [4.78, 5) is 26.8. The minimum Gasteiger partial charge on any atom is -0.493 e. The molecule has 1 heterocycles. The number of nitro groups is 1. The minimum absolute atomic E-state index is 0.0364. The summed E-state index contributed by atoms with van der Waals surface area (Å²) in [6.45, 7) is -0.0364. The van der Waals surface area contributed by atoms with Crippen LogP contribution in [0.1, 0.15) is 16.1 Å². The molecule has 144 valence electrons. The van der Waals surface area contributed by atoms with E-state index in [1.165, 1.54) is 35.6 Å². The maximum atomic E-state index is 12.1. The lowest BCUT2D eigenvalue weighted by Gasteiger charge is -2.08. The van der Waals surface area contributed by atoms with Crippen LogP contribution in [-0.4, -0.2) is 30.1 Å². The lowest BCUT2D eigenvalue weighted by Crippen LogP contribution is -2.06. The van der Waals surface area contributed by atoms with Gasteiger partial charge in [0.1, 0.15) is 11.6 Å². The maximum absolute atomic E-state index is 12.1. The second-order valence-electron chi connectivity index (χ2n) is 5.60. The van der Waals surface area contributed by atoms with Crippen LogP contribution in [0.2, 0.25) is 0 Å². The molecule has 0 N–H and O–H groups in total. The van der Waals surface area contributed by atoms with Crippen LogP contribution in [0.4, 0.5) is 5.69 Å². The van der Waals surface area contributed by atoms with Gasteiger partial charge in [-0.3, -0.25) is 10.1 Å². The monoisotopic (exact) mass is 400 g/mol. The van der Waals surface area contributed by atoms with Gasteiger partial charge in [-0.05, 0) is 24.3 Å². The van der Waals surface area contributed by atoms with Crippen LogP contribution in [0.25, 0.3) is 10.6 Å². The highest BCUT2D eigenvalue weighted by Gasteiger charge is 2.14. The number of carbonyl (C=O) groups excluding carboxylic acids is 1. The second kappa shape index (κ2) is 8.49. The van der Waals surface area contributed by atoms with Crippen molar-refractivity contribution >= 4 is 23.0 Å². The van der Waals surface area contributed by atoms with E-state index in [1.54, 1.807) is 25.7 Å². The summed E-state index contributed by atoms with van der Waals surface area (Å²) in [5, 5.41) is 13.3. The molecule has 3 aromatic rings. The van der Waals surface area contributed by atoms with Gasteiger partial charge in [0, 0.05) is 23.1 Å². The summed E-state index contributed by atoms with van der Waals surface area (Å²) in [6.07, 6.45) is 0. The molecule has 0 fully saturated rings. The van der Waals surface area contributed by atoms with Crippen LogP contribution in [0.3, 0.4) is 0 Å². The number of benzene rings is 2. The smallest absolute Gasteiger partial charge is 0.338 e. The van der Waals surface area contributed by atoms with Gasteiger partial charge in [-0.25, -0.2) is 9.78 Å². The zero-order valence-electron chi connectivity index (χ0n) is 15.1. The number of nitro benzene ring substituents is 1. The minimum atomic E-state index is -0.649. The molecule has 8 nitrogen and oxygen atoms in total. The fourth-order valence-electron chi connectivity index (χ4n) is 2.44. The summed E-state index contributed by atoms with van der Waals surface area (Å²) < 4.78 is 15.7. The summed E-state index contributed by atoms with van der Waals surface area (Å²) in [5.41, 5.74) is 1.37. The Morgan fingerprint density at radius 2 is 1.93 bits per heavy atom. The van der Waals surface area contributed by atoms with Crippen LogP contribution in [0.15, 0.2) is 47.8 Å². The van der Waals surface area contributed by atoms with Crippen molar-refractivity contribution in [3.63, 3.8) is 0 Å². The molecule has 0 spiro atoms. The number of ether oxygens (including phenoxy) is 3. The third-order valence-electron chi connectivity index (χ3n) is 3.83. The topological polar surface area (TPSA) is 101 Å². The highest BCUT2D eigenvalue weighted by molar-refractivity contribution is 7.13. The summed E-state index contributed by atoms with van der Waals surface area (Å²) >= 11 is 1.40. The average Bonchev–Trinajstić information content (AvgIpc) is 3.20. The molecule has 0 bridgehead atoms. The molecule has 0 amide bonds. The van der Waals surface area contributed by atoms with Crippen LogP contribution >= 0.6 is 11.3 Å². The molecular weight excluding hydrogens is 384 g/mol. The molecule has 0 aliphatic rings. The van der Waals surface area contributed by atoms with Gasteiger partial charge >= 0.3 is 5.97 Å². The number of carbonyl (C=O) groups is 1. The molecule has 3 rings (SSSR count). The van der Waals surface area contributed by atoms with Crippen molar-refractivity contribution in [3.05, 3.63) is 69.2 Å². The first-order valence-electron chi connectivity index (χ1n) is 8.10. The lowest BCUT2D eigenvalue weighted by atomic mass is 10.2. The zero-order chi connectivity index (χ0) is 20.1. The molecule has 2 aromatic carbocycles. The summed E-state index contributed by atoms with van der Waals surface area (Å²) in [7, 11) is 3.12. The van der Waals surface area contributed by atoms with Crippen LogP contribution in [-0.2, 0) is 11.3 Å². The second-order valence-corrected chi connectivity index (χ2v) is 6.46. The first-order valence-corrected chi connectivity index (χ1v) is 8.98. The SMILES string of the molecule is COc1ccc(-c2nc(COC(=O)c3cccc([N+](=O)[O-])c3)cs2)cc1OC. The van der Waals surface area contributed by atoms with E-state index < -0.39 is 10.9 Å². The number of hydrogen-bond donors (Lipinski definition) is 0. The van der Waals surface area contributed by atoms with E-state index in [2.05, 4.69) is 4.98 Å². The van der Waals surface area contributed by atoms with Gasteiger partial charge < -0.3 is 14.2 Å². The Hall–Kier alpha value is -3.46. The highest BCUT2D eigenvalue weighted by Crippen LogP contribution is 2.33. The van der Waals surface area contributed by atoms with E-state index in [0.29, 0.717) is 17.2 Å². The van der Waals surface area contributed by atoms with Crippen molar-refractivity contribution in [1.82, 2.24) is 4.98 Å². The fraction of sp³-hybridized carbons (Fsp3) is 0.158. The molecule has 9 heteroatoms. The first-order chi connectivity index (χ1) is 13.5. The number of aromatic nitrogens is 1. The molecule has 0 radical (unpaired) electrons. The van der Waals surface area contributed by atoms with Gasteiger partial charge in [-0.15, -0.1) is 11.3 Å². The Morgan fingerprint density at radius 3 is 2.64 bits per heavy atom. The van der Waals surface area contributed by atoms with Gasteiger partial charge in [-0.2, -0.15) is 0 Å². The van der Waals surface area contributed by atoms with Crippen LogP contribution in [0, 0.1) is 10.1 Å². The standard InChI is InChI=1S/C19H16N2O6S/c1-25-16-7-6-12(9-17(16)26-2)18-20-14(11-28-18)10-27-19(22)13-4-3-5-15(8-13)21(23)24/h3-9,11H,10H2,1-2H3. The van der Waals surface area contributed by atoms with Crippen LogP contribution in [0.5, 0.6) is 11.5 Å². The van der Waals surface area contributed by atoms with Crippen molar-refractivity contribution in [2.45, 2.75) is 6.61 Å². The Labute approximate surface area is 164 Å². The summed E-state index contributed by atoms with van der Waals surface area (Å²) in [6, 6.07) is 10.9. The lowest BCUT2D eigenvalue weighted by molar-refractivity contribution is -0.384. The third-order valence-corrected chi connectivity index (χ3v) is 4.77. The Morgan fingerprint density at radius 1 is 1.14 bits per heavy atom. The fourth-order valence-corrected chi connectivity index (χ4v) is 3.25. The molecule has 0 aliphatic heterocycles. The number of rotatable bonds is 7. The number of esters is 1. The van der Waals surface area contributed by atoms with Crippen LogP contribution < -0.4 is 9.47 Å². The number of thiazole rings is 1. The first kappa shape index (κ1) is 19.3. The van der Waals surface area contributed by atoms with Gasteiger partial charge in [0.15, 0.2) is 11.5 Å². The van der Waals surface area contributed by atoms with Crippen molar-refractivity contribution in [1.29, 1.82) is 0 Å². The molecule has 0 atom stereocenters. The molecule has 1 aromatic heterocycles. The molecule has 0 aliphatic carbocycles. The molecule has 0 saturated carbocycles. The van der Waals surface area contributed by atoms with Gasteiger partial charge in [0.2, 0.25) is 0 Å². The largest absolute Gasteiger partial charge is 0.493 e. The average molecular weight is 400 g/mol. The Bertz CT molecular complexity index is 1020. The zero-order valence-corrected chi connectivity index (χ0v) is 15.9. The van der Waals surface area contributed by atoms with Gasteiger partial charge in [0.05, 0.1) is 30.4 Å². The van der Waals surface area contributed by atoms with Crippen molar-refractivity contribution in [3.8, 4) is 22.1 Å². The van der Waals surface area contributed by atoms with Gasteiger partial charge in [-0.1, -0.05) is 6.07 Å². The quantitative estimate of drug-likeness (QED) is 0.334. The van der Waals surface area contributed by atoms with Crippen molar-refractivity contribution in [2.24, 2.45) is 0 Å². The van der Waals surface area contributed by atoms with Crippen molar-refractivity contribution in [2.75, 3.05) is 14.2 Å². The van der Waals surface area contributed by atoms with E-state index in [9.17, 15) is 14.9 Å². The van der Waals surface area contributed by atoms with E-state index in [-0.39, 0.29) is 17.9 Å². The van der Waals surface area contributed by atoms with Crippen molar-refractivity contribution < 1.29 is 23.9 Å². The number of non-ortho nitro benzene ring substituents is 1. The molecular formula is C19H16N2O6S. The molecule has 28 heavy (non-hydrogen) atoms. The van der Waals surface area contributed by atoms with E-state index in [0.717, 1.165) is 10.6 Å². The van der Waals surface area contributed by atoms with E-state index in [4.69, 9.17) is 14.2 Å². The van der Waals surface area contributed by atoms with E-state index in [1.807, 2.05) is 12.1 Å².